The van der Waals surface area contributed by atoms with Crippen molar-refractivity contribution in [2.24, 2.45) is 11.8 Å². The molecule has 0 unspecified atom stereocenters. The summed E-state index contributed by atoms with van der Waals surface area (Å²) < 4.78 is 10.7. The minimum Gasteiger partial charge on any atom is -0.379 e. The van der Waals surface area contributed by atoms with Crippen LogP contribution in [0.5, 0.6) is 0 Å². The highest BCUT2D eigenvalue weighted by atomic mass is 16.5. The number of amides is 4. The molecule has 10 nitrogen and oxygen atoms in total. The van der Waals surface area contributed by atoms with Crippen molar-refractivity contribution in [2.75, 3.05) is 91.9 Å². The van der Waals surface area contributed by atoms with Gasteiger partial charge in [0.2, 0.25) is 0 Å². The average Bonchev–Trinajstić information content (AvgIpc) is 2.88. The molecule has 3 aliphatic rings. The van der Waals surface area contributed by atoms with E-state index in [9.17, 15) is 9.59 Å². The van der Waals surface area contributed by atoms with E-state index in [1.807, 2.05) is 0 Å². The van der Waals surface area contributed by atoms with E-state index in [2.05, 4.69) is 31.1 Å². The van der Waals surface area contributed by atoms with Gasteiger partial charge in [0, 0.05) is 52.4 Å². The highest BCUT2D eigenvalue weighted by molar-refractivity contribution is 5.74. The predicted octanol–water partition coefficient (Wildman–Crippen LogP) is 0.836. The van der Waals surface area contributed by atoms with Gasteiger partial charge in [0.05, 0.1) is 26.4 Å². The monoisotopic (exact) mass is 482 g/mol. The van der Waals surface area contributed by atoms with Crippen LogP contribution in [0, 0.1) is 11.8 Å². The predicted molar refractivity (Wildman–Crippen MR) is 132 cm³/mol. The summed E-state index contributed by atoms with van der Waals surface area (Å²) in [6, 6.07) is -0.141. The van der Waals surface area contributed by atoms with Crippen LogP contribution >= 0.6 is 0 Å². The van der Waals surface area contributed by atoms with Crippen molar-refractivity contribution in [3.05, 3.63) is 0 Å². The lowest BCUT2D eigenvalue weighted by Gasteiger charge is -2.29. The Kier molecular flexibility index (Phi) is 12.8. The molecule has 1 saturated carbocycles. The average molecular weight is 483 g/mol. The summed E-state index contributed by atoms with van der Waals surface area (Å²) in [7, 11) is 0. The molecule has 10 heteroatoms. The van der Waals surface area contributed by atoms with Crippen LogP contribution in [0.4, 0.5) is 9.59 Å². The van der Waals surface area contributed by atoms with Crippen molar-refractivity contribution in [2.45, 2.75) is 38.5 Å². The second-order valence-electron chi connectivity index (χ2n) is 9.79. The van der Waals surface area contributed by atoms with Crippen LogP contribution in [0.1, 0.15) is 38.5 Å². The molecule has 4 N–H and O–H groups in total. The number of nitrogens with zero attached hydrogens (tertiary/aromatic N) is 2. The van der Waals surface area contributed by atoms with E-state index in [1.165, 1.54) is 0 Å². The van der Waals surface area contributed by atoms with Crippen molar-refractivity contribution in [3.8, 4) is 0 Å². The Bertz CT molecular complexity index is 536. The third kappa shape index (κ3) is 11.2. The Morgan fingerprint density at radius 3 is 1.56 bits per heavy atom. The zero-order valence-corrected chi connectivity index (χ0v) is 20.8. The summed E-state index contributed by atoms with van der Waals surface area (Å²) in [5.74, 6) is 0.965. The smallest absolute Gasteiger partial charge is 0.314 e. The Hall–Kier alpha value is -1.62. The van der Waals surface area contributed by atoms with Crippen molar-refractivity contribution in [3.63, 3.8) is 0 Å². The molecule has 3 rings (SSSR count). The number of urea groups is 2. The fourth-order valence-corrected chi connectivity index (χ4v) is 5.03. The van der Waals surface area contributed by atoms with Gasteiger partial charge in [-0.15, -0.1) is 0 Å². The van der Waals surface area contributed by atoms with Crippen LogP contribution in [0.2, 0.25) is 0 Å². The van der Waals surface area contributed by atoms with Crippen LogP contribution in [-0.4, -0.2) is 114 Å². The molecule has 0 radical (unpaired) electrons. The molecule has 2 atom stereocenters. The molecule has 0 bridgehead atoms. The molecule has 0 aromatic heterocycles. The topological polar surface area (TPSA) is 107 Å². The van der Waals surface area contributed by atoms with Gasteiger partial charge in [-0.3, -0.25) is 9.80 Å². The van der Waals surface area contributed by atoms with Gasteiger partial charge in [-0.1, -0.05) is 6.42 Å². The summed E-state index contributed by atoms with van der Waals surface area (Å²) in [4.78, 5) is 29.0. The highest BCUT2D eigenvalue weighted by Crippen LogP contribution is 2.28. The molecule has 2 saturated heterocycles. The van der Waals surface area contributed by atoms with Gasteiger partial charge in [0.15, 0.2) is 0 Å². The van der Waals surface area contributed by atoms with Gasteiger partial charge < -0.3 is 30.7 Å². The fourth-order valence-electron chi connectivity index (χ4n) is 5.03. The van der Waals surface area contributed by atoms with Gasteiger partial charge in [0.1, 0.15) is 0 Å². The molecule has 4 amide bonds. The van der Waals surface area contributed by atoms with Crippen molar-refractivity contribution >= 4 is 12.1 Å². The van der Waals surface area contributed by atoms with E-state index in [-0.39, 0.29) is 12.1 Å². The number of rotatable bonds is 12. The molecule has 196 valence electrons. The lowest BCUT2D eigenvalue weighted by Crippen LogP contribution is -2.43. The van der Waals surface area contributed by atoms with Gasteiger partial charge in [-0.2, -0.15) is 0 Å². The fraction of sp³-hybridized carbons (Fsp3) is 0.917. The molecular weight excluding hydrogens is 436 g/mol. The van der Waals surface area contributed by atoms with E-state index >= 15 is 0 Å². The van der Waals surface area contributed by atoms with Gasteiger partial charge in [-0.05, 0) is 57.0 Å². The second-order valence-corrected chi connectivity index (χ2v) is 9.79. The maximum atomic E-state index is 12.1. The SMILES string of the molecule is O=C(NCCCN1CCOCC1)NC[C@H]1CCC[C@@H](CNC(=O)NCCCN2CCOCC2)C1. The lowest BCUT2D eigenvalue weighted by molar-refractivity contribution is 0.0375. The Morgan fingerprint density at radius 2 is 1.12 bits per heavy atom. The normalized spacial score (nSPS) is 24.4. The highest BCUT2D eigenvalue weighted by Gasteiger charge is 2.23. The number of hydrogen-bond acceptors (Lipinski definition) is 6. The number of ether oxygens (including phenoxy) is 2. The number of carbonyl (C=O) groups is 2. The van der Waals surface area contributed by atoms with Crippen molar-refractivity contribution in [1.29, 1.82) is 0 Å². The summed E-state index contributed by atoms with van der Waals surface area (Å²) in [5, 5.41) is 12.0. The van der Waals surface area contributed by atoms with Crippen LogP contribution in [0.3, 0.4) is 0 Å². The minimum absolute atomic E-state index is 0.0707. The first kappa shape index (κ1) is 27.0. The lowest BCUT2D eigenvalue weighted by atomic mass is 9.81. The second kappa shape index (κ2) is 16.1. The van der Waals surface area contributed by atoms with E-state index in [0.717, 1.165) is 104 Å². The Balaban J connectivity index is 1.17. The molecule has 0 aromatic rings. The van der Waals surface area contributed by atoms with Crippen LogP contribution in [0.25, 0.3) is 0 Å². The van der Waals surface area contributed by atoms with E-state index in [1.54, 1.807) is 0 Å². The van der Waals surface area contributed by atoms with Gasteiger partial charge in [-0.25, -0.2) is 9.59 Å². The summed E-state index contributed by atoms with van der Waals surface area (Å²) in [5.41, 5.74) is 0. The van der Waals surface area contributed by atoms with Crippen LogP contribution in [0.15, 0.2) is 0 Å². The molecule has 2 heterocycles. The first-order valence-corrected chi connectivity index (χ1v) is 13.3. The first-order valence-electron chi connectivity index (χ1n) is 13.3. The number of nitrogens with one attached hydrogen (secondary N) is 4. The quantitative estimate of drug-likeness (QED) is 0.307. The zero-order chi connectivity index (χ0) is 23.8. The minimum atomic E-state index is -0.0707. The maximum Gasteiger partial charge on any atom is 0.314 e. The van der Waals surface area contributed by atoms with Crippen LogP contribution in [-0.2, 0) is 9.47 Å². The molecule has 3 fully saturated rings. The van der Waals surface area contributed by atoms with Gasteiger partial charge in [0.25, 0.3) is 0 Å². The maximum absolute atomic E-state index is 12.1. The third-order valence-electron chi connectivity index (χ3n) is 7.07. The van der Waals surface area contributed by atoms with Crippen molar-refractivity contribution < 1.29 is 19.1 Å². The molecule has 0 aromatic carbocycles. The Morgan fingerprint density at radius 1 is 0.676 bits per heavy atom. The number of hydrogen-bond donors (Lipinski definition) is 4. The Labute approximate surface area is 204 Å². The van der Waals surface area contributed by atoms with E-state index in [0.29, 0.717) is 38.0 Å². The van der Waals surface area contributed by atoms with Crippen LogP contribution < -0.4 is 21.3 Å². The van der Waals surface area contributed by atoms with Crippen molar-refractivity contribution in [1.82, 2.24) is 31.1 Å². The molecule has 34 heavy (non-hydrogen) atoms. The molecule has 0 spiro atoms. The van der Waals surface area contributed by atoms with Gasteiger partial charge >= 0.3 is 12.1 Å². The molecular formula is C24H46N6O4. The van der Waals surface area contributed by atoms with E-state index in [4.69, 9.17) is 9.47 Å². The standard InChI is InChI=1S/C24H46N6O4/c31-23(25-6-2-8-29-10-14-33-15-11-29)27-19-21-4-1-5-22(18-21)20-28-24(32)26-7-3-9-30-12-16-34-17-13-30/h21-22H,1-20H2,(H2,25,27,31)(H2,26,28,32)/t21-,22+. The largest absolute Gasteiger partial charge is 0.379 e. The molecule has 2 aliphatic heterocycles. The van der Waals surface area contributed by atoms with E-state index < -0.39 is 0 Å². The summed E-state index contributed by atoms with van der Waals surface area (Å²) in [6.45, 7) is 12.0. The summed E-state index contributed by atoms with van der Waals surface area (Å²) >= 11 is 0. The zero-order valence-electron chi connectivity index (χ0n) is 20.8. The first-order chi connectivity index (χ1) is 16.7. The number of carbonyl (C=O) groups excluding carboxylic acids is 2. The third-order valence-corrected chi connectivity index (χ3v) is 7.07. The summed E-state index contributed by atoms with van der Waals surface area (Å²) in [6.07, 6.45) is 6.40. The molecule has 1 aliphatic carbocycles. The number of morpholine rings is 2.